The fourth-order valence-electron chi connectivity index (χ4n) is 5.42. The summed E-state index contributed by atoms with van der Waals surface area (Å²) in [5.74, 6) is 2.51. The molecule has 33 heavy (non-hydrogen) atoms. The largest absolute Gasteiger partial charge is 0.454 e. The average molecular weight is 574 g/mol. The maximum atomic E-state index is 9.64. The second-order valence-corrected chi connectivity index (χ2v) is 9.54. The number of aliphatic imine (C=N–C) groups is 1. The molecule has 186 valence electrons. The summed E-state index contributed by atoms with van der Waals surface area (Å²) in [5.41, 5.74) is 1.36. The Morgan fingerprint density at radius 3 is 2.52 bits per heavy atom. The first kappa shape index (κ1) is 26.3. The number of nitrogens with one attached hydrogen (secondary N) is 2. The van der Waals surface area contributed by atoms with Crippen LogP contribution in [0.25, 0.3) is 0 Å². The molecule has 8 heteroatoms. The van der Waals surface area contributed by atoms with Crippen LogP contribution >= 0.6 is 24.0 Å². The SMILES string of the molecule is CCNC(=NCC1(CCO)CCCCC1)NCC1(c2ccc3c(c2)OCO3)CCOCC1.I. The van der Waals surface area contributed by atoms with Gasteiger partial charge in [0.2, 0.25) is 6.79 Å². The number of rotatable bonds is 8. The molecule has 1 saturated carbocycles. The third kappa shape index (κ3) is 6.45. The van der Waals surface area contributed by atoms with Crippen molar-refractivity contribution < 1.29 is 19.3 Å². The van der Waals surface area contributed by atoms with Gasteiger partial charge in [-0.25, -0.2) is 0 Å². The van der Waals surface area contributed by atoms with Crippen molar-refractivity contribution in [2.24, 2.45) is 10.4 Å². The minimum atomic E-state index is -0.0386. The lowest BCUT2D eigenvalue weighted by molar-refractivity contribution is 0.0513. The lowest BCUT2D eigenvalue weighted by Crippen LogP contribution is -2.48. The third-order valence-electron chi connectivity index (χ3n) is 7.50. The van der Waals surface area contributed by atoms with Gasteiger partial charge in [0.15, 0.2) is 17.5 Å². The molecule has 0 spiro atoms. The second-order valence-electron chi connectivity index (χ2n) is 9.54. The Balaban J connectivity index is 0.00000306. The Morgan fingerprint density at radius 1 is 1.03 bits per heavy atom. The minimum absolute atomic E-state index is 0. The van der Waals surface area contributed by atoms with Crippen molar-refractivity contribution in [2.45, 2.75) is 63.7 Å². The molecule has 2 aliphatic heterocycles. The predicted molar refractivity (Wildman–Crippen MR) is 141 cm³/mol. The van der Waals surface area contributed by atoms with Gasteiger partial charge in [-0.1, -0.05) is 25.3 Å². The topological polar surface area (TPSA) is 84.3 Å². The normalized spacial score (nSPS) is 21.2. The van der Waals surface area contributed by atoms with E-state index in [1.165, 1.54) is 24.8 Å². The first-order valence-electron chi connectivity index (χ1n) is 12.3. The van der Waals surface area contributed by atoms with Gasteiger partial charge in [0.25, 0.3) is 0 Å². The standard InChI is InChI=1S/C25H39N3O4.HI/c1-2-26-23(27-17-24(10-13-29)8-4-3-5-9-24)28-18-25(11-14-30-15-12-25)20-6-7-21-22(16-20)32-19-31-21;/h6-7,16,29H,2-5,8-15,17-19H2,1H3,(H2,26,27,28);1H. The molecule has 0 aromatic heterocycles. The number of aliphatic hydroxyl groups excluding tert-OH is 1. The lowest BCUT2D eigenvalue weighted by atomic mass is 9.72. The van der Waals surface area contributed by atoms with Gasteiger partial charge in [-0.2, -0.15) is 0 Å². The summed E-state index contributed by atoms with van der Waals surface area (Å²) < 4.78 is 16.9. The smallest absolute Gasteiger partial charge is 0.231 e. The molecule has 0 unspecified atom stereocenters. The molecule has 3 N–H and O–H groups in total. The summed E-state index contributed by atoms with van der Waals surface area (Å²) >= 11 is 0. The first-order chi connectivity index (χ1) is 15.7. The van der Waals surface area contributed by atoms with Crippen molar-refractivity contribution in [2.75, 3.05) is 46.2 Å². The molecule has 7 nitrogen and oxygen atoms in total. The van der Waals surface area contributed by atoms with E-state index in [-0.39, 0.29) is 41.4 Å². The van der Waals surface area contributed by atoms with E-state index in [0.717, 1.165) is 82.4 Å². The van der Waals surface area contributed by atoms with Crippen molar-refractivity contribution in [1.82, 2.24) is 10.6 Å². The van der Waals surface area contributed by atoms with Crippen LogP contribution < -0.4 is 20.1 Å². The Labute approximate surface area is 215 Å². The van der Waals surface area contributed by atoms with E-state index in [9.17, 15) is 5.11 Å². The predicted octanol–water partition coefficient (Wildman–Crippen LogP) is 3.97. The minimum Gasteiger partial charge on any atom is -0.454 e. The Morgan fingerprint density at radius 2 is 1.79 bits per heavy atom. The molecule has 0 amide bonds. The molecule has 3 aliphatic rings. The van der Waals surface area contributed by atoms with Crippen LogP contribution in [0.1, 0.15) is 63.9 Å². The maximum absolute atomic E-state index is 9.64. The van der Waals surface area contributed by atoms with Gasteiger partial charge in [-0.3, -0.25) is 4.99 Å². The highest BCUT2D eigenvalue weighted by Crippen LogP contribution is 2.41. The Hall–Kier alpha value is -1.26. The van der Waals surface area contributed by atoms with Gasteiger partial charge in [0, 0.05) is 44.9 Å². The van der Waals surface area contributed by atoms with E-state index >= 15 is 0 Å². The maximum Gasteiger partial charge on any atom is 0.231 e. The number of hydrogen-bond acceptors (Lipinski definition) is 5. The van der Waals surface area contributed by atoms with Crippen LogP contribution in [0.15, 0.2) is 23.2 Å². The van der Waals surface area contributed by atoms with Crippen LogP contribution in [0, 0.1) is 5.41 Å². The van der Waals surface area contributed by atoms with Gasteiger partial charge in [0.05, 0.1) is 0 Å². The lowest BCUT2D eigenvalue weighted by Gasteiger charge is -2.39. The van der Waals surface area contributed by atoms with Crippen LogP contribution in [0.3, 0.4) is 0 Å². The zero-order valence-electron chi connectivity index (χ0n) is 19.9. The van der Waals surface area contributed by atoms with Crippen LogP contribution in [-0.4, -0.2) is 57.3 Å². The number of benzene rings is 1. The molecule has 0 bridgehead atoms. The Kier molecular flexibility index (Phi) is 9.94. The monoisotopic (exact) mass is 573 g/mol. The highest BCUT2D eigenvalue weighted by Gasteiger charge is 2.36. The van der Waals surface area contributed by atoms with Crippen molar-refractivity contribution in [3.8, 4) is 11.5 Å². The number of fused-ring (bicyclic) bond motifs is 1. The highest BCUT2D eigenvalue weighted by atomic mass is 127. The average Bonchev–Trinajstić information content (AvgIpc) is 3.30. The molecule has 1 saturated heterocycles. The van der Waals surface area contributed by atoms with E-state index in [1.807, 2.05) is 6.07 Å². The van der Waals surface area contributed by atoms with E-state index in [2.05, 4.69) is 29.7 Å². The molecule has 1 aromatic carbocycles. The van der Waals surface area contributed by atoms with E-state index in [4.69, 9.17) is 19.2 Å². The number of guanidine groups is 1. The number of nitrogens with zero attached hydrogens (tertiary/aromatic N) is 1. The number of halogens is 1. The highest BCUT2D eigenvalue weighted by molar-refractivity contribution is 14.0. The molecule has 0 atom stereocenters. The van der Waals surface area contributed by atoms with Crippen molar-refractivity contribution in [3.63, 3.8) is 0 Å². The molecule has 2 heterocycles. The van der Waals surface area contributed by atoms with E-state index in [1.54, 1.807) is 0 Å². The zero-order valence-corrected chi connectivity index (χ0v) is 22.2. The number of ether oxygens (including phenoxy) is 3. The quantitative estimate of drug-likeness (QED) is 0.248. The van der Waals surface area contributed by atoms with Crippen molar-refractivity contribution >= 4 is 29.9 Å². The van der Waals surface area contributed by atoms with E-state index in [0.29, 0.717) is 6.79 Å². The Bertz CT molecular complexity index is 771. The first-order valence-corrected chi connectivity index (χ1v) is 12.3. The molecule has 1 aromatic rings. The van der Waals surface area contributed by atoms with Crippen LogP contribution in [-0.2, 0) is 10.2 Å². The molecule has 2 fully saturated rings. The van der Waals surface area contributed by atoms with Crippen molar-refractivity contribution in [3.05, 3.63) is 23.8 Å². The fourth-order valence-corrected chi connectivity index (χ4v) is 5.42. The zero-order chi connectivity index (χ0) is 22.3. The summed E-state index contributed by atoms with van der Waals surface area (Å²) in [6.45, 7) is 6.51. The van der Waals surface area contributed by atoms with Gasteiger partial charge in [0.1, 0.15) is 0 Å². The fraction of sp³-hybridized carbons (Fsp3) is 0.720. The summed E-state index contributed by atoms with van der Waals surface area (Å²) in [7, 11) is 0. The van der Waals surface area contributed by atoms with Gasteiger partial charge in [-0.05, 0) is 62.1 Å². The summed E-state index contributed by atoms with van der Waals surface area (Å²) in [4.78, 5) is 5.00. The summed E-state index contributed by atoms with van der Waals surface area (Å²) in [6, 6.07) is 6.33. The summed E-state index contributed by atoms with van der Waals surface area (Å²) in [5, 5.41) is 16.7. The van der Waals surface area contributed by atoms with E-state index < -0.39 is 0 Å². The molecular formula is C25H40IN3O4. The van der Waals surface area contributed by atoms with Crippen LogP contribution in [0.5, 0.6) is 11.5 Å². The molecular weight excluding hydrogens is 533 g/mol. The van der Waals surface area contributed by atoms with Gasteiger partial charge >= 0.3 is 0 Å². The molecule has 4 rings (SSSR count). The summed E-state index contributed by atoms with van der Waals surface area (Å²) in [6.07, 6.45) is 8.86. The van der Waals surface area contributed by atoms with Crippen LogP contribution in [0.4, 0.5) is 0 Å². The van der Waals surface area contributed by atoms with Crippen LogP contribution in [0.2, 0.25) is 0 Å². The molecule has 1 aliphatic carbocycles. The number of hydrogen-bond donors (Lipinski definition) is 3. The molecule has 0 radical (unpaired) electrons. The second kappa shape index (κ2) is 12.4. The van der Waals surface area contributed by atoms with Crippen molar-refractivity contribution in [1.29, 1.82) is 0 Å². The van der Waals surface area contributed by atoms with Gasteiger partial charge < -0.3 is 30.0 Å². The third-order valence-corrected chi connectivity index (χ3v) is 7.50. The number of aliphatic hydroxyl groups is 1. The van der Waals surface area contributed by atoms with Gasteiger partial charge in [-0.15, -0.1) is 24.0 Å².